The fraction of sp³-hybridized carbons (Fsp3) is 0.400. The van der Waals surface area contributed by atoms with Crippen LogP contribution in [0.25, 0.3) is 10.9 Å². The van der Waals surface area contributed by atoms with Crippen molar-refractivity contribution in [3.8, 4) is 0 Å². The molecule has 3 nitrogen and oxygen atoms in total. The summed E-state index contributed by atoms with van der Waals surface area (Å²) in [5.74, 6) is 0. The Hall–Kier alpha value is -1.09. The van der Waals surface area contributed by atoms with Crippen LogP contribution in [0, 0.1) is 0 Å². The van der Waals surface area contributed by atoms with Crippen molar-refractivity contribution < 1.29 is 0 Å². The van der Waals surface area contributed by atoms with Gasteiger partial charge >= 0.3 is 0 Å². The van der Waals surface area contributed by atoms with Crippen LogP contribution in [-0.2, 0) is 6.54 Å². The Morgan fingerprint density at radius 1 is 1.50 bits per heavy atom. The predicted molar refractivity (Wildman–Crippen MR) is 57.4 cm³/mol. The molecule has 0 saturated heterocycles. The molecular formula is C10H12ClN3. The second-order valence-corrected chi connectivity index (χ2v) is 3.64. The van der Waals surface area contributed by atoms with Gasteiger partial charge in [0.15, 0.2) is 0 Å². The van der Waals surface area contributed by atoms with E-state index in [0.717, 1.165) is 23.9 Å². The van der Waals surface area contributed by atoms with Gasteiger partial charge in [0.05, 0.1) is 10.9 Å². The molecule has 2 aromatic rings. The SMILES string of the molecule is CCCCn1cc2c(Cl)nccc2n1. The summed E-state index contributed by atoms with van der Waals surface area (Å²) in [5.41, 5.74) is 0.918. The molecule has 0 spiro atoms. The van der Waals surface area contributed by atoms with Crippen LogP contribution in [0.5, 0.6) is 0 Å². The lowest BCUT2D eigenvalue weighted by Gasteiger charge is -1.96. The van der Waals surface area contributed by atoms with Crippen molar-refractivity contribution >= 4 is 22.5 Å². The molecule has 0 bridgehead atoms. The standard InChI is InChI=1S/C10H12ClN3/c1-2-3-6-14-7-8-9(13-14)4-5-12-10(8)11/h4-5,7H,2-3,6H2,1H3. The van der Waals surface area contributed by atoms with Crippen molar-refractivity contribution in [3.63, 3.8) is 0 Å². The first kappa shape index (κ1) is 9.46. The zero-order valence-corrected chi connectivity index (χ0v) is 8.83. The van der Waals surface area contributed by atoms with E-state index >= 15 is 0 Å². The molecule has 0 fully saturated rings. The Morgan fingerprint density at radius 3 is 3.07 bits per heavy atom. The Balaban J connectivity index is 2.36. The third-order valence-corrected chi connectivity index (χ3v) is 2.47. The monoisotopic (exact) mass is 209 g/mol. The number of aromatic nitrogens is 3. The van der Waals surface area contributed by atoms with Gasteiger partial charge in [-0.2, -0.15) is 5.10 Å². The van der Waals surface area contributed by atoms with Crippen LogP contribution in [0.15, 0.2) is 18.5 Å². The average molecular weight is 210 g/mol. The van der Waals surface area contributed by atoms with Crippen LogP contribution >= 0.6 is 11.6 Å². The number of halogens is 1. The van der Waals surface area contributed by atoms with Crippen molar-refractivity contribution in [1.82, 2.24) is 14.8 Å². The highest BCUT2D eigenvalue weighted by molar-refractivity contribution is 6.34. The molecule has 2 aromatic heterocycles. The lowest BCUT2D eigenvalue weighted by molar-refractivity contribution is 0.576. The summed E-state index contributed by atoms with van der Waals surface area (Å²) < 4.78 is 1.93. The number of rotatable bonds is 3. The maximum absolute atomic E-state index is 5.94. The van der Waals surface area contributed by atoms with E-state index in [0.29, 0.717) is 5.15 Å². The van der Waals surface area contributed by atoms with Gasteiger partial charge in [-0.25, -0.2) is 4.98 Å². The Labute approximate surface area is 87.7 Å². The van der Waals surface area contributed by atoms with Gasteiger partial charge in [0, 0.05) is 18.9 Å². The van der Waals surface area contributed by atoms with E-state index in [1.807, 2.05) is 16.9 Å². The predicted octanol–water partition coefficient (Wildman–Crippen LogP) is 2.88. The maximum Gasteiger partial charge on any atom is 0.139 e. The van der Waals surface area contributed by atoms with Crippen molar-refractivity contribution in [3.05, 3.63) is 23.6 Å². The van der Waals surface area contributed by atoms with Crippen molar-refractivity contribution in [2.75, 3.05) is 0 Å². The van der Waals surface area contributed by atoms with Crippen LogP contribution in [0.3, 0.4) is 0 Å². The lowest BCUT2D eigenvalue weighted by Crippen LogP contribution is -1.96. The first-order valence-electron chi connectivity index (χ1n) is 4.79. The van der Waals surface area contributed by atoms with Crippen LogP contribution in [0.2, 0.25) is 5.15 Å². The molecule has 0 atom stereocenters. The van der Waals surface area contributed by atoms with E-state index in [2.05, 4.69) is 17.0 Å². The fourth-order valence-electron chi connectivity index (χ4n) is 1.40. The normalized spacial score (nSPS) is 11.0. The van der Waals surface area contributed by atoms with Crippen LogP contribution in [-0.4, -0.2) is 14.8 Å². The second kappa shape index (κ2) is 3.96. The molecule has 2 rings (SSSR count). The van der Waals surface area contributed by atoms with Gasteiger partial charge < -0.3 is 0 Å². The summed E-state index contributed by atoms with van der Waals surface area (Å²) in [7, 11) is 0. The summed E-state index contributed by atoms with van der Waals surface area (Å²) in [5, 5.41) is 5.87. The molecule has 0 aromatic carbocycles. The highest BCUT2D eigenvalue weighted by atomic mass is 35.5. The van der Waals surface area contributed by atoms with E-state index in [-0.39, 0.29) is 0 Å². The Morgan fingerprint density at radius 2 is 2.36 bits per heavy atom. The van der Waals surface area contributed by atoms with Gasteiger partial charge in [-0.3, -0.25) is 4.68 Å². The number of fused-ring (bicyclic) bond motifs is 1. The summed E-state index contributed by atoms with van der Waals surface area (Å²) in [6, 6.07) is 1.88. The first-order chi connectivity index (χ1) is 6.81. The molecule has 0 N–H and O–H groups in total. The van der Waals surface area contributed by atoms with Crippen molar-refractivity contribution in [2.45, 2.75) is 26.3 Å². The molecule has 0 aliphatic rings. The largest absolute Gasteiger partial charge is 0.271 e. The molecule has 0 saturated carbocycles. The van der Waals surface area contributed by atoms with Gasteiger partial charge in [0.25, 0.3) is 0 Å². The minimum Gasteiger partial charge on any atom is -0.271 e. The summed E-state index contributed by atoms with van der Waals surface area (Å²) >= 11 is 5.94. The molecule has 0 aliphatic heterocycles. The van der Waals surface area contributed by atoms with Gasteiger partial charge in [0.1, 0.15) is 5.15 Å². The van der Waals surface area contributed by atoms with Gasteiger partial charge in [-0.15, -0.1) is 0 Å². The lowest BCUT2D eigenvalue weighted by atomic mass is 10.3. The molecule has 0 radical (unpaired) electrons. The van der Waals surface area contributed by atoms with Crippen LogP contribution in [0.1, 0.15) is 19.8 Å². The summed E-state index contributed by atoms with van der Waals surface area (Å²) in [4.78, 5) is 4.01. The number of nitrogens with zero attached hydrogens (tertiary/aromatic N) is 3. The molecule has 14 heavy (non-hydrogen) atoms. The van der Waals surface area contributed by atoms with E-state index in [1.54, 1.807) is 6.20 Å². The average Bonchev–Trinajstić information content (AvgIpc) is 2.59. The number of hydrogen-bond acceptors (Lipinski definition) is 2. The molecule has 4 heteroatoms. The summed E-state index contributed by atoms with van der Waals surface area (Å²) in [6.07, 6.45) is 5.95. The van der Waals surface area contributed by atoms with Crippen molar-refractivity contribution in [2.24, 2.45) is 0 Å². The molecule has 74 valence electrons. The zero-order chi connectivity index (χ0) is 9.97. The van der Waals surface area contributed by atoms with E-state index in [1.165, 1.54) is 6.42 Å². The minimum atomic E-state index is 0.533. The van der Waals surface area contributed by atoms with E-state index in [4.69, 9.17) is 11.6 Å². The topological polar surface area (TPSA) is 30.7 Å². The quantitative estimate of drug-likeness (QED) is 0.728. The smallest absolute Gasteiger partial charge is 0.139 e. The molecule has 0 amide bonds. The third-order valence-electron chi connectivity index (χ3n) is 2.17. The third kappa shape index (κ3) is 1.73. The van der Waals surface area contributed by atoms with Crippen LogP contribution < -0.4 is 0 Å². The molecule has 0 aliphatic carbocycles. The molecule has 2 heterocycles. The summed E-state index contributed by atoms with van der Waals surface area (Å²) in [6.45, 7) is 3.11. The van der Waals surface area contributed by atoms with Crippen LogP contribution in [0.4, 0.5) is 0 Å². The minimum absolute atomic E-state index is 0.533. The molecular weight excluding hydrogens is 198 g/mol. The van der Waals surface area contributed by atoms with Gasteiger partial charge in [0.2, 0.25) is 0 Å². The van der Waals surface area contributed by atoms with Gasteiger partial charge in [-0.05, 0) is 12.5 Å². The maximum atomic E-state index is 5.94. The Bertz CT molecular complexity index is 436. The highest BCUT2D eigenvalue weighted by Gasteiger charge is 2.03. The second-order valence-electron chi connectivity index (χ2n) is 3.28. The fourth-order valence-corrected chi connectivity index (χ4v) is 1.60. The highest BCUT2D eigenvalue weighted by Crippen LogP contribution is 2.19. The van der Waals surface area contributed by atoms with Crippen molar-refractivity contribution in [1.29, 1.82) is 0 Å². The number of hydrogen-bond donors (Lipinski definition) is 0. The van der Waals surface area contributed by atoms with E-state index in [9.17, 15) is 0 Å². The Kier molecular flexibility index (Phi) is 2.68. The van der Waals surface area contributed by atoms with E-state index < -0.39 is 0 Å². The zero-order valence-electron chi connectivity index (χ0n) is 8.07. The number of unbranched alkanes of at least 4 members (excludes halogenated alkanes) is 1. The molecule has 0 unspecified atom stereocenters. The number of pyridine rings is 1. The first-order valence-corrected chi connectivity index (χ1v) is 5.16. The number of aryl methyl sites for hydroxylation is 1. The van der Waals surface area contributed by atoms with Gasteiger partial charge in [-0.1, -0.05) is 24.9 Å².